The molecule has 6 aromatic rings. The monoisotopic (exact) mass is 870 g/mol. The zero-order valence-electron chi connectivity index (χ0n) is 36.1. The van der Waals surface area contributed by atoms with Gasteiger partial charge in [-0.25, -0.2) is 36.8 Å². The largest absolute Gasteiger partial charge is 0.392 e. The number of aliphatic hydroxyl groups excluding tert-OH is 1. The summed E-state index contributed by atoms with van der Waals surface area (Å²) in [5, 5.41) is 11.5. The fraction of sp³-hybridized carbons (Fsp3) is 0.432. The van der Waals surface area contributed by atoms with E-state index in [0.717, 1.165) is 83.0 Å². The maximum absolute atomic E-state index is 12.0. The number of rotatable bonds is 8. The Hall–Kier alpha value is -5.48. The van der Waals surface area contributed by atoms with Crippen LogP contribution < -0.4 is 9.80 Å². The molecule has 2 aliphatic rings. The van der Waals surface area contributed by atoms with E-state index in [2.05, 4.69) is 80.6 Å². The molecular weight excluding hydrogens is 817 g/mol. The summed E-state index contributed by atoms with van der Waals surface area (Å²) < 4.78 is 52.6. The molecule has 324 valence electrons. The first-order valence-corrected chi connectivity index (χ1v) is 24.1. The smallest absolute Gasteiger partial charge is 0.373 e. The molecule has 0 fully saturated rings. The summed E-state index contributed by atoms with van der Waals surface area (Å²) in [5.74, 6) is 2.08. The normalized spacial score (nSPS) is 16.5. The molecule has 0 aliphatic carbocycles. The van der Waals surface area contributed by atoms with Gasteiger partial charge in [-0.2, -0.15) is 9.59 Å². The van der Waals surface area contributed by atoms with Crippen LogP contribution in [0.5, 0.6) is 0 Å². The van der Waals surface area contributed by atoms with Crippen molar-refractivity contribution in [2.75, 3.05) is 35.4 Å². The molecule has 8 rings (SSSR count). The van der Waals surface area contributed by atoms with Gasteiger partial charge >= 0.3 is 6.15 Å². The first-order valence-electron chi connectivity index (χ1n) is 20.3. The lowest BCUT2D eigenvalue weighted by Gasteiger charge is -2.39. The summed E-state index contributed by atoms with van der Waals surface area (Å²) in [6, 6.07) is 15.3. The third-order valence-corrected chi connectivity index (χ3v) is 13.8. The Kier molecular flexibility index (Phi) is 13.2. The van der Waals surface area contributed by atoms with Crippen molar-refractivity contribution in [1.82, 2.24) is 29.1 Å². The minimum Gasteiger partial charge on any atom is -0.392 e. The quantitative estimate of drug-likeness (QED) is 0.182. The topological polar surface area (TPSA) is 191 Å². The molecule has 6 heterocycles. The molecule has 15 nitrogen and oxygen atoms in total. The highest BCUT2D eigenvalue weighted by atomic mass is 32.2. The van der Waals surface area contributed by atoms with Gasteiger partial charge < -0.3 is 24.0 Å². The van der Waals surface area contributed by atoms with Crippen molar-refractivity contribution in [2.24, 2.45) is 11.8 Å². The van der Waals surface area contributed by atoms with Gasteiger partial charge in [-0.05, 0) is 74.1 Å². The van der Waals surface area contributed by atoms with E-state index < -0.39 is 19.7 Å². The predicted molar refractivity (Wildman–Crippen MR) is 234 cm³/mol. The Morgan fingerprint density at radius 2 is 1.07 bits per heavy atom. The highest BCUT2D eigenvalue weighted by Crippen LogP contribution is 2.40. The molecule has 2 atom stereocenters. The molecule has 0 spiro atoms. The van der Waals surface area contributed by atoms with Crippen LogP contribution in [0.4, 0.5) is 11.9 Å². The van der Waals surface area contributed by atoms with E-state index in [1.165, 1.54) is 23.8 Å². The van der Waals surface area contributed by atoms with Gasteiger partial charge in [0.25, 0.3) is 0 Å². The minimum atomic E-state index is -3.26. The third-order valence-electron chi connectivity index (χ3n) is 11.5. The number of aryl methyl sites for hydroxylation is 3. The van der Waals surface area contributed by atoms with Crippen molar-refractivity contribution in [2.45, 2.75) is 96.5 Å². The number of benzene rings is 2. The second-order valence-corrected chi connectivity index (χ2v) is 20.4. The first kappa shape index (κ1) is 45.1. The van der Waals surface area contributed by atoms with E-state index in [1.807, 2.05) is 32.2 Å². The van der Waals surface area contributed by atoms with Gasteiger partial charge in [0.15, 0.2) is 19.7 Å². The molecule has 2 unspecified atom stereocenters. The summed E-state index contributed by atoms with van der Waals surface area (Å²) in [5.41, 5.74) is 7.97. The summed E-state index contributed by atoms with van der Waals surface area (Å²) >= 11 is 0. The Morgan fingerprint density at radius 1 is 0.672 bits per heavy atom. The van der Waals surface area contributed by atoms with E-state index in [-0.39, 0.29) is 24.8 Å². The fourth-order valence-electron chi connectivity index (χ4n) is 8.56. The lowest BCUT2D eigenvalue weighted by Crippen LogP contribution is -2.41. The van der Waals surface area contributed by atoms with E-state index in [1.54, 1.807) is 30.5 Å². The molecule has 2 aromatic carbocycles. The van der Waals surface area contributed by atoms with Crippen molar-refractivity contribution < 1.29 is 31.5 Å². The summed E-state index contributed by atoms with van der Waals surface area (Å²) in [6.45, 7) is 17.7. The highest BCUT2D eigenvalue weighted by Gasteiger charge is 2.35. The second-order valence-electron chi connectivity index (χ2n) is 16.3. The van der Waals surface area contributed by atoms with Crippen LogP contribution in [0, 0.1) is 25.7 Å². The summed E-state index contributed by atoms with van der Waals surface area (Å²) in [7, 11) is -6.50. The zero-order valence-corrected chi connectivity index (χ0v) is 37.7. The van der Waals surface area contributed by atoms with E-state index >= 15 is 0 Å². The predicted octanol–water partition coefficient (Wildman–Crippen LogP) is 6.19. The SMILES string of the molecule is CCc1cnc(N2CCn3c(cc4ccc(S(C)(=O)=O)cc43)C2C(C)C)nc1C.Cc1nc(N2CCn3c(cc4ccc(S(C)(=O)=O)cc43)C2C(C)C)ncc1CO.O=C=O. The Balaban J connectivity index is 0.000000192. The lowest BCUT2D eigenvalue weighted by atomic mass is 9.97. The standard InChI is InChI=1S/C22H28N4O2S.C21H26N4O3S.CO2/c1-6-16-13-23-22(24-15(16)4)26-10-9-25-19-12-18(29(5,27)28)8-7-17(19)11-20(25)21(26)14(2)3;1-13(2)20-19-9-15-5-6-17(29(4,27)28)10-18(15)24(19)7-8-25(20)21-22-11-16(12-26)14(3)23-21;2-1-3/h7-8,11-14,21H,6,9-10H2,1-5H3;5-6,9-11,13,20,26H,7-8,12H2,1-4H3;. The third kappa shape index (κ3) is 9.10. The van der Waals surface area contributed by atoms with Crippen LogP contribution in [0.15, 0.2) is 70.7 Å². The Morgan fingerprint density at radius 3 is 1.39 bits per heavy atom. The van der Waals surface area contributed by atoms with Crippen molar-refractivity contribution >= 4 is 59.5 Å². The average molecular weight is 871 g/mol. The molecule has 0 radical (unpaired) electrons. The van der Waals surface area contributed by atoms with E-state index in [0.29, 0.717) is 27.6 Å². The molecule has 4 aromatic heterocycles. The van der Waals surface area contributed by atoms with E-state index in [9.17, 15) is 21.9 Å². The molecule has 1 N–H and O–H groups in total. The van der Waals surface area contributed by atoms with Gasteiger partial charge in [-0.1, -0.05) is 46.8 Å². The average Bonchev–Trinajstić information content (AvgIpc) is 3.77. The molecule has 2 aliphatic heterocycles. The molecule has 0 amide bonds. The van der Waals surface area contributed by atoms with Crippen molar-refractivity contribution in [3.05, 3.63) is 94.8 Å². The van der Waals surface area contributed by atoms with Crippen LogP contribution in [0.3, 0.4) is 0 Å². The number of hydrogen-bond donors (Lipinski definition) is 1. The van der Waals surface area contributed by atoms with Crippen molar-refractivity contribution in [1.29, 1.82) is 0 Å². The molecule has 0 bridgehead atoms. The lowest BCUT2D eigenvalue weighted by molar-refractivity contribution is -0.191. The van der Waals surface area contributed by atoms with Crippen LogP contribution in [0.1, 0.15) is 80.6 Å². The minimum absolute atomic E-state index is 0.0669. The zero-order chi connectivity index (χ0) is 44.6. The van der Waals surface area contributed by atoms with Gasteiger partial charge in [-0.3, -0.25) is 0 Å². The maximum atomic E-state index is 12.0. The number of anilines is 2. The van der Waals surface area contributed by atoms with Crippen LogP contribution >= 0.6 is 0 Å². The number of aromatic nitrogens is 6. The number of sulfone groups is 2. The second kappa shape index (κ2) is 17.9. The van der Waals surface area contributed by atoms with Gasteiger partial charge in [-0.15, -0.1) is 0 Å². The Labute approximate surface area is 357 Å². The summed E-state index contributed by atoms with van der Waals surface area (Å²) in [4.78, 5) is 40.1. The van der Waals surface area contributed by atoms with Gasteiger partial charge in [0.05, 0.1) is 28.5 Å². The van der Waals surface area contributed by atoms with Crippen LogP contribution in [0.25, 0.3) is 21.8 Å². The van der Waals surface area contributed by atoms with Crippen molar-refractivity contribution in [3.63, 3.8) is 0 Å². The maximum Gasteiger partial charge on any atom is 0.373 e. The molecule has 17 heteroatoms. The first-order chi connectivity index (χ1) is 28.8. The molecule has 0 saturated carbocycles. The van der Waals surface area contributed by atoms with Crippen LogP contribution in [-0.4, -0.2) is 82.8 Å². The molecule has 0 saturated heterocycles. The van der Waals surface area contributed by atoms with Gasteiger partial charge in [0.2, 0.25) is 11.9 Å². The number of carbonyl (C=O) groups excluding carboxylic acids is 2. The van der Waals surface area contributed by atoms with Crippen LogP contribution in [0.2, 0.25) is 0 Å². The molecular formula is C44H54N8O7S2. The van der Waals surface area contributed by atoms with Gasteiger partial charge in [0.1, 0.15) is 0 Å². The Bertz CT molecular complexity index is 2660. The number of nitrogens with zero attached hydrogens (tertiary/aromatic N) is 8. The van der Waals surface area contributed by atoms with Crippen LogP contribution in [-0.2, 0) is 55.4 Å². The number of aliphatic hydroxyl groups is 1. The van der Waals surface area contributed by atoms with Crippen molar-refractivity contribution in [3.8, 4) is 0 Å². The summed E-state index contributed by atoms with van der Waals surface area (Å²) in [6.07, 6.45) is 7.31. The van der Waals surface area contributed by atoms with E-state index in [4.69, 9.17) is 14.6 Å². The fourth-order valence-corrected chi connectivity index (χ4v) is 9.85. The molecule has 61 heavy (non-hydrogen) atoms. The number of fused-ring (bicyclic) bond motifs is 6. The van der Waals surface area contributed by atoms with Gasteiger partial charge in [0, 0.05) is 101 Å². The highest BCUT2D eigenvalue weighted by molar-refractivity contribution is 7.91. The number of hydrogen-bond acceptors (Lipinski definition) is 13.